The minimum absolute atomic E-state index is 0.0694. The predicted octanol–water partition coefficient (Wildman–Crippen LogP) is 3.04. The summed E-state index contributed by atoms with van der Waals surface area (Å²) in [6.45, 7) is 5.93. The summed E-state index contributed by atoms with van der Waals surface area (Å²) in [5, 5.41) is 3.05. The average molecular weight is 300 g/mol. The second-order valence-corrected chi connectivity index (χ2v) is 5.16. The Morgan fingerprint density at radius 3 is 2.59 bits per heavy atom. The maximum absolute atomic E-state index is 12.7. The van der Waals surface area contributed by atoms with Crippen LogP contribution in [0.15, 0.2) is 41.2 Å². The summed E-state index contributed by atoms with van der Waals surface area (Å²) >= 11 is 0. The summed E-state index contributed by atoms with van der Waals surface area (Å²) in [5.41, 5.74) is 2.73. The van der Waals surface area contributed by atoms with Gasteiger partial charge in [0, 0.05) is 24.2 Å². The van der Waals surface area contributed by atoms with Crippen LogP contribution in [-0.2, 0) is 13.1 Å². The third-order valence-electron chi connectivity index (χ3n) is 3.53. The topological polar surface area (TPSA) is 43.3 Å². The molecule has 0 fully saturated rings. The molecule has 22 heavy (non-hydrogen) atoms. The number of para-hydroxylation sites is 1. The molecule has 2 rings (SSSR count). The van der Waals surface area contributed by atoms with Crippen molar-refractivity contribution in [1.82, 2.24) is 9.88 Å². The largest absolute Gasteiger partial charge is 0.493 e. The summed E-state index contributed by atoms with van der Waals surface area (Å²) in [7, 11) is 1.85. The number of rotatable bonds is 7. The predicted molar refractivity (Wildman–Crippen MR) is 90.4 cm³/mol. The van der Waals surface area contributed by atoms with E-state index in [4.69, 9.17) is 4.74 Å². The highest BCUT2D eigenvalue weighted by Gasteiger charge is 2.13. The van der Waals surface area contributed by atoms with Gasteiger partial charge in [-0.1, -0.05) is 25.1 Å². The smallest absolute Gasteiger partial charge is 0.255 e. The Hall–Kier alpha value is -2.07. The van der Waals surface area contributed by atoms with Gasteiger partial charge in [0.25, 0.3) is 5.56 Å². The van der Waals surface area contributed by atoms with E-state index in [1.165, 1.54) is 0 Å². The van der Waals surface area contributed by atoms with Gasteiger partial charge in [0.2, 0.25) is 0 Å². The molecule has 0 spiro atoms. The number of hydrogen-bond acceptors (Lipinski definition) is 3. The van der Waals surface area contributed by atoms with Crippen molar-refractivity contribution in [3.05, 3.63) is 52.3 Å². The molecule has 0 aliphatic carbocycles. The summed E-state index contributed by atoms with van der Waals surface area (Å²) < 4.78 is 7.57. The molecular formula is C18H24N2O2. The van der Waals surface area contributed by atoms with Crippen LogP contribution < -0.4 is 15.6 Å². The van der Waals surface area contributed by atoms with E-state index in [-0.39, 0.29) is 5.56 Å². The number of pyridine rings is 1. The SMILES string of the molecule is CCCn1c(-c2ccccc2OCC)ccc(CNC)c1=O. The normalized spacial score (nSPS) is 10.7. The van der Waals surface area contributed by atoms with Crippen LogP contribution in [-0.4, -0.2) is 18.2 Å². The maximum Gasteiger partial charge on any atom is 0.255 e. The highest BCUT2D eigenvalue weighted by molar-refractivity contribution is 5.67. The fourth-order valence-corrected chi connectivity index (χ4v) is 2.59. The minimum Gasteiger partial charge on any atom is -0.493 e. The highest BCUT2D eigenvalue weighted by Crippen LogP contribution is 2.29. The lowest BCUT2D eigenvalue weighted by atomic mass is 10.1. The Balaban J connectivity index is 2.60. The number of hydrogen-bond donors (Lipinski definition) is 1. The van der Waals surface area contributed by atoms with Crippen molar-refractivity contribution in [3.8, 4) is 17.0 Å². The van der Waals surface area contributed by atoms with Crippen LogP contribution in [0, 0.1) is 0 Å². The molecule has 0 unspecified atom stereocenters. The standard InChI is InChI=1S/C18H24N2O2/c1-4-12-20-16(11-10-14(13-19-3)18(20)21)15-8-6-7-9-17(15)22-5-2/h6-11,19H,4-5,12-13H2,1-3H3. The molecular weight excluding hydrogens is 276 g/mol. The molecule has 0 atom stereocenters. The van der Waals surface area contributed by atoms with Gasteiger partial charge in [-0.05, 0) is 38.6 Å². The molecule has 4 heteroatoms. The summed E-state index contributed by atoms with van der Waals surface area (Å²) in [5.74, 6) is 0.815. The molecule has 1 aromatic heterocycles. The molecule has 1 aromatic carbocycles. The first-order chi connectivity index (χ1) is 10.7. The van der Waals surface area contributed by atoms with Crippen molar-refractivity contribution in [2.75, 3.05) is 13.7 Å². The first kappa shape index (κ1) is 16.3. The van der Waals surface area contributed by atoms with E-state index < -0.39 is 0 Å². The number of aromatic nitrogens is 1. The number of nitrogens with one attached hydrogen (secondary N) is 1. The van der Waals surface area contributed by atoms with Crippen LogP contribution in [0.2, 0.25) is 0 Å². The number of nitrogens with zero attached hydrogens (tertiary/aromatic N) is 1. The van der Waals surface area contributed by atoms with Crippen LogP contribution in [0.4, 0.5) is 0 Å². The van der Waals surface area contributed by atoms with Gasteiger partial charge in [0.1, 0.15) is 5.75 Å². The zero-order valence-corrected chi connectivity index (χ0v) is 13.6. The molecule has 1 N–H and O–H groups in total. The Morgan fingerprint density at radius 2 is 1.91 bits per heavy atom. The molecule has 0 radical (unpaired) electrons. The van der Waals surface area contributed by atoms with E-state index in [1.54, 1.807) is 0 Å². The van der Waals surface area contributed by atoms with Crippen molar-refractivity contribution >= 4 is 0 Å². The summed E-state index contributed by atoms with van der Waals surface area (Å²) in [6.07, 6.45) is 0.909. The van der Waals surface area contributed by atoms with Gasteiger partial charge in [0.15, 0.2) is 0 Å². The van der Waals surface area contributed by atoms with Crippen LogP contribution in [0.5, 0.6) is 5.75 Å². The van der Waals surface area contributed by atoms with Gasteiger partial charge in [-0.15, -0.1) is 0 Å². The Labute approximate surface area is 131 Å². The van der Waals surface area contributed by atoms with E-state index in [2.05, 4.69) is 12.2 Å². The van der Waals surface area contributed by atoms with Gasteiger partial charge in [0.05, 0.1) is 12.3 Å². The maximum atomic E-state index is 12.7. The molecule has 0 saturated heterocycles. The van der Waals surface area contributed by atoms with E-state index in [9.17, 15) is 4.79 Å². The van der Waals surface area contributed by atoms with E-state index in [0.717, 1.165) is 29.0 Å². The quantitative estimate of drug-likeness (QED) is 0.854. The van der Waals surface area contributed by atoms with Gasteiger partial charge in [-0.2, -0.15) is 0 Å². The molecule has 0 aliphatic heterocycles. The third kappa shape index (κ3) is 3.39. The minimum atomic E-state index is 0.0694. The Morgan fingerprint density at radius 1 is 1.14 bits per heavy atom. The van der Waals surface area contributed by atoms with Crippen LogP contribution in [0.25, 0.3) is 11.3 Å². The second-order valence-electron chi connectivity index (χ2n) is 5.16. The summed E-state index contributed by atoms with van der Waals surface area (Å²) in [6, 6.07) is 11.8. The van der Waals surface area contributed by atoms with E-state index in [0.29, 0.717) is 19.7 Å². The fraction of sp³-hybridized carbons (Fsp3) is 0.389. The van der Waals surface area contributed by atoms with Crippen molar-refractivity contribution in [3.63, 3.8) is 0 Å². The molecule has 0 amide bonds. The lowest BCUT2D eigenvalue weighted by Gasteiger charge is -2.17. The average Bonchev–Trinajstić information content (AvgIpc) is 2.53. The van der Waals surface area contributed by atoms with Gasteiger partial charge in [-0.3, -0.25) is 4.79 Å². The van der Waals surface area contributed by atoms with Gasteiger partial charge >= 0.3 is 0 Å². The lowest BCUT2D eigenvalue weighted by Crippen LogP contribution is -2.27. The number of ether oxygens (including phenoxy) is 1. The van der Waals surface area contributed by atoms with Gasteiger partial charge < -0.3 is 14.6 Å². The molecule has 0 aliphatic rings. The molecule has 4 nitrogen and oxygen atoms in total. The summed E-state index contributed by atoms with van der Waals surface area (Å²) in [4.78, 5) is 12.7. The molecule has 0 bridgehead atoms. The van der Waals surface area contributed by atoms with E-state index in [1.807, 2.05) is 54.9 Å². The fourth-order valence-electron chi connectivity index (χ4n) is 2.59. The molecule has 118 valence electrons. The third-order valence-corrected chi connectivity index (χ3v) is 3.53. The monoisotopic (exact) mass is 300 g/mol. The lowest BCUT2D eigenvalue weighted by molar-refractivity contribution is 0.341. The van der Waals surface area contributed by atoms with E-state index >= 15 is 0 Å². The molecule has 2 aromatic rings. The highest BCUT2D eigenvalue weighted by atomic mass is 16.5. The Bertz CT molecular complexity index is 677. The van der Waals surface area contributed by atoms with Crippen molar-refractivity contribution in [1.29, 1.82) is 0 Å². The molecule has 0 saturated carbocycles. The molecule has 1 heterocycles. The van der Waals surface area contributed by atoms with Crippen molar-refractivity contribution in [2.45, 2.75) is 33.4 Å². The van der Waals surface area contributed by atoms with Gasteiger partial charge in [-0.25, -0.2) is 0 Å². The van der Waals surface area contributed by atoms with Crippen LogP contribution in [0.1, 0.15) is 25.8 Å². The first-order valence-electron chi connectivity index (χ1n) is 7.82. The van der Waals surface area contributed by atoms with Crippen molar-refractivity contribution < 1.29 is 4.74 Å². The van der Waals surface area contributed by atoms with Crippen LogP contribution >= 0.6 is 0 Å². The zero-order valence-electron chi connectivity index (χ0n) is 13.6. The van der Waals surface area contributed by atoms with Crippen molar-refractivity contribution in [2.24, 2.45) is 0 Å². The van der Waals surface area contributed by atoms with Crippen LogP contribution in [0.3, 0.4) is 0 Å². The second kappa shape index (κ2) is 7.80. The first-order valence-corrected chi connectivity index (χ1v) is 7.82. The zero-order chi connectivity index (χ0) is 15.9. The number of benzene rings is 1. The Kier molecular flexibility index (Phi) is 5.78.